The number of hydrogen-bond acceptors (Lipinski definition) is 3. The van der Waals surface area contributed by atoms with Crippen LogP contribution in [0.25, 0.3) is 11.0 Å². The van der Waals surface area contributed by atoms with Gasteiger partial charge in [-0.25, -0.2) is 4.98 Å². The molecule has 0 aliphatic heterocycles. The van der Waals surface area contributed by atoms with Crippen LogP contribution in [-0.2, 0) is 12.8 Å². The number of nitrogens with zero attached hydrogens (tertiary/aromatic N) is 1. The lowest BCUT2D eigenvalue weighted by Crippen LogP contribution is -2.00. The van der Waals surface area contributed by atoms with Crippen molar-refractivity contribution < 1.29 is 9.53 Å². The summed E-state index contributed by atoms with van der Waals surface area (Å²) in [4.78, 5) is 18.0. The van der Waals surface area contributed by atoms with Crippen molar-refractivity contribution in [3.05, 3.63) is 59.4 Å². The molecule has 0 atom stereocenters. The van der Waals surface area contributed by atoms with Gasteiger partial charge in [0.15, 0.2) is 12.1 Å². The van der Waals surface area contributed by atoms with E-state index in [1.165, 1.54) is 11.1 Å². The van der Waals surface area contributed by atoms with Crippen LogP contribution in [0.15, 0.2) is 42.5 Å². The molecule has 0 saturated heterocycles. The van der Waals surface area contributed by atoms with Crippen molar-refractivity contribution in [3.63, 3.8) is 0 Å². The first-order chi connectivity index (χ1) is 11.8. The minimum Gasteiger partial charge on any atom is -0.493 e. The third-order valence-electron chi connectivity index (χ3n) is 4.15. The summed E-state index contributed by atoms with van der Waals surface area (Å²) < 4.78 is 5.90. The fourth-order valence-electron chi connectivity index (χ4n) is 2.84. The number of aryl methyl sites for hydroxylation is 2. The number of carbonyl (C=O) groups is 1. The van der Waals surface area contributed by atoms with Crippen LogP contribution >= 0.6 is 0 Å². The van der Waals surface area contributed by atoms with Crippen LogP contribution in [0.3, 0.4) is 0 Å². The lowest BCUT2D eigenvalue weighted by Gasteiger charge is -2.10. The molecule has 1 heterocycles. The molecule has 0 fully saturated rings. The van der Waals surface area contributed by atoms with E-state index in [1.54, 1.807) is 0 Å². The summed E-state index contributed by atoms with van der Waals surface area (Å²) >= 11 is 0. The predicted molar refractivity (Wildman–Crippen MR) is 95.7 cm³/mol. The quantitative estimate of drug-likeness (QED) is 0.496. The van der Waals surface area contributed by atoms with Crippen molar-refractivity contribution in [2.24, 2.45) is 0 Å². The van der Waals surface area contributed by atoms with E-state index in [1.807, 2.05) is 24.3 Å². The van der Waals surface area contributed by atoms with Gasteiger partial charge in [-0.2, -0.15) is 0 Å². The average molecular weight is 322 g/mol. The Hall–Kier alpha value is -2.62. The van der Waals surface area contributed by atoms with Gasteiger partial charge in [-0.1, -0.05) is 31.2 Å². The molecule has 124 valence electrons. The van der Waals surface area contributed by atoms with Gasteiger partial charge in [0.05, 0.1) is 17.6 Å². The highest BCUT2D eigenvalue weighted by molar-refractivity contribution is 5.82. The zero-order valence-electron chi connectivity index (χ0n) is 13.9. The summed E-state index contributed by atoms with van der Waals surface area (Å²) in [5.41, 5.74) is 4.26. The second kappa shape index (κ2) is 7.77. The average Bonchev–Trinajstić information content (AvgIpc) is 3.04. The molecule has 0 aliphatic carbocycles. The normalized spacial score (nSPS) is 10.9. The first-order valence-corrected chi connectivity index (χ1v) is 8.44. The zero-order valence-corrected chi connectivity index (χ0v) is 13.9. The second-order valence-corrected chi connectivity index (χ2v) is 5.86. The molecule has 0 amide bonds. The number of nitrogens with one attached hydrogen (secondary N) is 1. The summed E-state index contributed by atoms with van der Waals surface area (Å²) in [6, 6.07) is 14.3. The molecule has 4 nitrogen and oxygen atoms in total. The number of H-pyrrole nitrogens is 1. The Balaban J connectivity index is 1.49. The van der Waals surface area contributed by atoms with Gasteiger partial charge in [-0.3, -0.25) is 4.79 Å². The van der Waals surface area contributed by atoms with Crippen LogP contribution in [0.1, 0.15) is 41.5 Å². The van der Waals surface area contributed by atoms with Gasteiger partial charge in [-0.15, -0.1) is 0 Å². The van der Waals surface area contributed by atoms with Gasteiger partial charge in [0, 0.05) is 0 Å². The molecule has 0 bridgehead atoms. The van der Waals surface area contributed by atoms with E-state index < -0.39 is 0 Å². The van der Waals surface area contributed by atoms with E-state index in [4.69, 9.17) is 4.74 Å². The Kier molecular flexibility index (Phi) is 5.26. The highest BCUT2D eigenvalue weighted by atomic mass is 16.5. The van der Waals surface area contributed by atoms with Crippen molar-refractivity contribution >= 4 is 17.3 Å². The van der Waals surface area contributed by atoms with E-state index in [-0.39, 0.29) is 0 Å². The van der Waals surface area contributed by atoms with Crippen molar-refractivity contribution in [3.8, 4) is 5.75 Å². The maximum Gasteiger partial charge on any atom is 0.185 e. The van der Waals surface area contributed by atoms with Crippen molar-refractivity contribution in [1.82, 2.24) is 9.97 Å². The standard InChI is InChI=1S/C20H22N2O2/c1-2-16-8-3-4-9-19(16)24-12-6-5-7-15-10-11-17-18(13-15)22-20(14-23)21-17/h3-4,8-11,13-14H,2,5-7,12H2,1H3,(H,21,22). The second-order valence-electron chi connectivity index (χ2n) is 5.86. The minimum atomic E-state index is 0.380. The number of aromatic nitrogens is 2. The van der Waals surface area contributed by atoms with Crippen molar-refractivity contribution in [1.29, 1.82) is 0 Å². The summed E-state index contributed by atoms with van der Waals surface area (Å²) in [7, 11) is 0. The fourth-order valence-corrected chi connectivity index (χ4v) is 2.84. The van der Waals surface area contributed by atoms with Gasteiger partial charge in [-0.05, 0) is 55.0 Å². The van der Waals surface area contributed by atoms with Crippen LogP contribution in [0, 0.1) is 0 Å². The van der Waals surface area contributed by atoms with Gasteiger partial charge >= 0.3 is 0 Å². The fraction of sp³-hybridized carbons (Fsp3) is 0.300. The highest BCUT2D eigenvalue weighted by Crippen LogP contribution is 2.19. The Morgan fingerprint density at radius 1 is 1.17 bits per heavy atom. The molecule has 3 aromatic rings. The third-order valence-corrected chi connectivity index (χ3v) is 4.15. The molecule has 2 aromatic carbocycles. The molecular weight excluding hydrogens is 300 g/mol. The molecule has 0 aliphatic rings. The number of ether oxygens (including phenoxy) is 1. The maximum atomic E-state index is 10.8. The number of benzene rings is 2. The Morgan fingerprint density at radius 2 is 2.04 bits per heavy atom. The van der Waals surface area contributed by atoms with E-state index >= 15 is 0 Å². The summed E-state index contributed by atoms with van der Waals surface area (Å²) in [6.07, 6.45) is 4.80. The number of aldehydes is 1. The molecular formula is C20H22N2O2. The topological polar surface area (TPSA) is 55.0 Å². The Morgan fingerprint density at radius 3 is 2.88 bits per heavy atom. The first kappa shape index (κ1) is 16.2. The number of aromatic amines is 1. The van der Waals surface area contributed by atoms with E-state index in [2.05, 4.69) is 35.1 Å². The van der Waals surface area contributed by atoms with Gasteiger partial charge in [0.2, 0.25) is 0 Å². The van der Waals surface area contributed by atoms with Crippen molar-refractivity contribution in [2.45, 2.75) is 32.6 Å². The number of rotatable bonds is 8. The number of fused-ring (bicyclic) bond motifs is 1. The van der Waals surface area contributed by atoms with Gasteiger partial charge in [0.25, 0.3) is 0 Å². The van der Waals surface area contributed by atoms with Crippen LogP contribution in [-0.4, -0.2) is 22.9 Å². The number of para-hydroxylation sites is 1. The third kappa shape index (κ3) is 3.82. The van der Waals surface area contributed by atoms with Gasteiger partial charge < -0.3 is 9.72 Å². The van der Waals surface area contributed by atoms with Crippen LogP contribution in [0.5, 0.6) is 5.75 Å². The minimum absolute atomic E-state index is 0.380. The number of imidazole rings is 1. The van der Waals surface area contributed by atoms with Crippen LogP contribution < -0.4 is 4.74 Å². The lowest BCUT2D eigenvalue weighted by molar-refractivity contribution is 0.111. The Labute approximate surface area is 141 Å². The van der Waals surface area contributed by atoms with Gasteiger partial charge in [0.1, 0.15) is 5.75 Å². The lowest BCUT2D eigenvalue weighted by atomic mass is 10.1. The highest BCUT2D eigenvalue weighted by Gasteiger charge is 2.04. The molecule has 24 heavy (non-hydrogen) atoms. The molecule has 0 unspecified atom stereocenters. The zero-order chi connectivity index (χ0) is 16.8. The molecule has 4 heteroatoms. The summed E-state index contributed by atoms with van der Waals surface area (Å²) in [5.74, 6) is 1.38. The molecule has 1 N–H and O–H groups in total. The van der Waals surface area contributed by atoms with E-state index in [9.17, 15) is 4.79 Å². The molecule has 3 rings (SSSR count). The SMILES string of the molecule is CCc1ccccc1OCCCCc1ccc2nc(C=O)[nH]c2c1. The molecule has 1 aromatic heterocycles. The summed E-state index contributed by atoms with van der Waals surface area (Å²) in [5, 5.41) is 0. The van der Waals surface area contributed by atoms with E-state index in [0.29, 0.717) is 5.82 Å². The first-order valence-electron chi connectivity index (χ1n) is 8.44. The molecule has 0 saturated carbocycles. The maximum absolute atomic E-state index is 10.8. The number of carbonyl (C=O) groups excluding carboxylic acids is 1. The van der Waals surface area contributed by atoms with Crippen LogP contribution in [0.4, 0.5) is 0 Å². The van der Waals surface area contributed by atoms with Crippen molar-refractivity contribution in [2.75, 3.05) is 6.61 Å². The number of unbranched alkanes of at least 4 members (excludes halogenated alkanes) is 1. The molecule has 0 radical (unpaired) electrons. The molecule has 0 spiro atoms. The van der Waals surface area contributed by atoms with E-state index in [0.717, 1.165) is 55.4 Å². The summed E-state index contributed by atoms with van der Waals surface area (Å²) in [6.45, 7) is 2.88. The predicted octanol–water partition coefficient (Wildman–Crippen LogP) is 4.34. The smallest absolute Gasteiger partial charge is 0.185 e. The Bertz CT molecular complexity index is 823. The van der Waals surface area contributed by atoms with Crippen LogP contribution in [0.2, 0.25) is 0 Å². The largest absolute Gasteiger partial charge is 0.493 e. The monoisotopic (exact) mass is 322 g/mol. The number of hydrogen-bond donors (Lipinski definition) is 1.